The predicted molar refractivity (Wildman–Crippen MR) is 94.7 cm³/mol. The lowest BCUT2D eigenvalue weighted by molar-refractivity contribution is -0.115. The lowest BCUT2D eigenvalue weighted by Crippen LogP contribution is -2.22. The van der Waals surface area contributed by atoms with Gasteiger partial charge in [-0.3, -0.25) is 4.79 Å². The number of carbonyl (C=O) groups excluding carboxylic acids is 1. The van der Waals surface area contributed by atoms with Gasteiger partial charge in [-0.05, 0) is 38.1 Å². The van der Waals surface area contributed by atoms with Crippen molar-refractivity contribution in [3.05, 3.63) is 48.0 Å². The summed E-state index contributed by atoms with van der Waals surface area (Å²) < 4.78 is 10.5. The fourth-order valence-electron chi connectivity index (χ4n) is 2.01. The highest BCUT2D eigenvalue weighted by Crippen LogP contribution is 2.30. The quantitative estimate of drug-likeness (QED) is 0.809. The number of nitrogens with one attached hydrogen (secondary N) is 1. The molecule has 0 unspecified atom stereocenters. The first-order valence-electron chi connectivity index (χ1n) is 7.29. The first-order chi connectivity index (χ1) is 11.0. The third-order valence-electron chi connectivity index (χ3n) is 3.37. The number of aryl methyl sites for hydroxylation is 1. The van der Waals surface area contributed by atoms with Crippen molar-refractivity contribution in [2.24, 2.45) is 0 Å². The largest absolute Gasteiger partial charge is 0.497 e. The molecule has 1 amide bonds. The maximum Gasteiger partial charge on any atom is 0.237 e. The van der Waals surface area contributed by atoms with Crippen LogP contribution in [0.3, 0.4) is 0 Å². The average molecular weight is 331 g/mol. The Morgan fingerprint density at radius 3 is 2.39 bits per heavy atom. The Bertz CT molecular complexity index is 670. The van der Waals surface area contributed by atoms with E-state index in [1.165, 1.54) is 17.3 Å². The summed E-state index contributed by atoms with van der Waals surface area (Å²) in [5.74, 6) is 1.19. The van der Waals surface area contributed by atoms with E-state index >= 15 is 0 Å². The van der Waals surface area contributed by atoms with Gasteiger partial charge in [0.05, 0.1) is 25.2 Å². The van der Waals surface area contributed by atoms with E-state index in [2.05, 4.69) is 5.32 Å². The summed E-state index contributed by atoms with van der Waals surface area (Å²) in [6.07, 6.45) is 0. The molecule has 0 spiro atoms. The van der Waals surface area contributed by atoms with Gasteiger partial charge in [0.15, 0.2) is 0 Å². The second kappa shape index (κ2) is 7.92. The Morgan fingerprint density at radius 1 is 1.09 bits per heavy atom. The molecule has 2 rings (SSSR count). The molecule has 4 nitrogen and oxygen atoms in total. The lowest BCUT2D eigenvalue weighted by Gasteiger charge is -2.15. The molecular weight excluding hydrogens is 310 g/mol. The zero-order valence-electron chi connectivity index (χ0n) is 13.8. The van der Waals surface area contributed by atoms with Crippen LogP contribution >= 0.6 is 11.8 Å². The smallest absolute Gasteiger partial charge is 0.237 e. The van der Waals surface area contributed by atoms with E-state index in [4.69, 9.17) is 9.47 Å². The number of hydrogen-bond acceptors (Lipinski definition) is 4. The van der Waals surface area contributed by atoms with E-state index < -0.39 is 0 Å². The Balaban J connectivity index is 2.04. The van der Waals surface area contributed by atoms with Gasteiger partial charge in [-0.1, -0.05) is 17.7 Å². The number of hydrogen-bond donors (Lipinski definition) is 1. The Hall–Kier alpha value is -2.14. The molecular formula is C18H21NO3S. The first kappa shape index (κ1) is 17.2. The van der Waals surface area contributed by atoms with Crippen LogP contribution in [0.5, 0.6) is 11.5 Å². The molecule has 5 heteroatoms. The molecule has 2 aromatic rings. The number of anilines is 1. The lowest BCUT2D eigenvalue weighted by atomic mass is 10.2. The Labute approximate surface area is 141 Å². The molecule has 0 heterocycles. The van der Waals surface area contributed by atoms with Gasteiger partial charge in [0.25, 0.3) is 0 Å². The van der Waals surface area contributed by atoms with Crippen molar-refractivity contribution < 1.29 is 14.3 Å². The minimum atomic E-state index is -0.218. The van der Waals surface area contributed by atoms with E-state index in [0.717, 1.165) is 4.90 Å². The minimum absolute atomic E-state index is 0.0703. The van der Waals surface area contributed by atoms with E-state index in [9.17, 15) is 4.79 Å². The van der Waals surface area contributed by atoms with Crippen molar-refractivity contribution in [2.75, 3.05) is 19.5 Å². The van der Waals surface area contributed by atoms with Gasteiger partial charge in [-0.15, -0.1) is 11.8 Å². The van der Waals surface area contributed by atoms with Gasteiger partial charge in [0, 0.05) is 11.0 Å². The molecule has 0 fully saturated rings. The molecule has 0 bridgehead atoms. The molecule has 23 heavy (non-hydrogen) atoms. The summed E-state index contributed by atoms with van der Waals surface area (Å²) in [5, 5.41) is 2.69. The number of carbonyl (C=O) groups is 1. The highest BCUT2D eigenvalue weighted by Gasteiger charge is 2.16. The van der Waals surface area contributed by atoms with Crippen molar-refractivity contribution in [3.8, 4) is 11.5 Å². The van der Waals surface area contributed by atoms with Crippen LogP contribution in [-0.4, -0.2) is 25.4 Å². The second-order valence-corrected chi connectivity index (χ2v) is 6.54. The zero-order chi connectivity index (χ0) is 16.8. The molecule has 0 aromatic heterocycles. The van der Waals surface area contributed by atoms with Crippen LogP contribution in [0.4, 0.5) is 5.69 Å². The van der Waals surface area contributed by atoms with Crippen molar-refractivity contribution in [1.82, 2.24) is 0 Å². The summed E-state index contributed by atoms with van der Waals surface area (Å²) in [6.45, 7) is 3.93. The molecule has 1 atom stereocenters. The molecule has 0 aliphatic heterocycles. The van der Waals surface area contributed by atoms with E-state index in [0.29, 0.717) is 17.2 Å². The third kappa shape index (κ3) is 4.66. The second-order valence-electron chi connectivity index (χ2n) is 5.13. The van der Waals surface area contributed by atoms with E-state index in [1.54, 1.807) is 32.4 Å². The topological polar surface area (TPSA) is 47.6 Å². The number of rotatable bonds is 6. The van der Waals surface area contributed by atoms with E-state index in [-0.39, 0.29) is 11.2 Å². The molecule has 0 aliphatic carbocycles. The monoisotopic (exact) mass is 331 g/mol. The number of methoxy groups -OCH3 is 2. The van der Waals surface area contributed by atoms with Crippen molar-refractivity contribution in [1.29, 1.82) is 0 Å². The summed E-state index contributed by atoms with van der Waals surface area (Å²) in [4.78, 5) is 13.5. The summed E-state index contributed by atoms with van der Waals surface area (Å²) in [6, 6.07) is 13.4. The van der Waals surface area contributed by atoms with Gasteiger partial charge in [-0.25, -0.2) is 0 Å². The first-order valence-corrected chi connectivity index (χ1v) is 8.17. The predicted octanol–water partition coefficient (Wildman–Crippen LogP) is 4.13. The number of thioether (sulfide) groups is 1. The van der Waals surface area contributed by atoms with E-state index in [1.807, 2.05) is 38.1 Å². The van der Waals surface area contributed by atoms with Crippen molar-refractivity contribution in [3.63, 3.8) is 0 Å². The fourth-order valence-corrected chi connectivity index (χ4v) is 2.88. The molecule has 0 aliphatic rings. The zero-order valence-corrected chi connectivity index (χ0v) is 14.6. The van der Waals surface area contributed by atoms with Gasteiger partial charge in [0.1, 0.15) is 11.5 Å². The highest BCUT2D eigenvalue weighted by atomic mass is 32.2. The van der Waals surface area contributed by atoms with Gasteiger partial charge < -0.3 is 14.8 Å². The minimum Gasteiger partial charge on any atom is -0.497 e. The maximum atomic E-state index is 12.4. The molecule has 0 saturated heterocycles. The Morgan fingerprint density at radius 2 is 1.78 bits per heavy atom. The number of amides is 1. The molecule has 0 radical (unpaired) electrons. The number of benzene rings is 2. The third-order valence-corrected chi connectivity index (χ3v) is 4.48. The van der Waals surface area contributed by atoms with Crippen LogP contribution in [0.2, 0.25) is 0 Å². The van der Waals surface area contributed by atoms with Crippen molar-refractivity contribution >= 4 is 23.4 Å². The van der Waals surface area contributed by atoms with Gasteiger partial charge in [-0.2, -0.15) is 0 Å². The van der Waals surface area contributed by atoms with Gasteiger partial charge >= 0.3 is 0 Å². The molecule has 2 aromatic carbocycles. The van der Waals surface area contributed by atoms with Crippen LogP contribution < -0.4 is 14.8 Å². The summed E-state index contributed by atoms with van der Waals surface area (Å²) in [5.41, 5.74) is 1.84. The van der Waals surface area contributed by atoms with Crippen LogP contribution in [-0.2, 0) is 4.79 Å². The average Bonchev–Trinajstić information content (AvgIpc) is 2.57. The molecule has 122 valence electrons. The van der Waals surface area contributed by atoms with Gasteiger partial charge in [0.2, 0.25) is 5.91 Å². The van der Waals surface area contributed by atoms with Crippen LogP contribution in [0.1, 0.15) is 12.5 Å². The summed E-state index contributed by atoms with van der Waals surface area (Å²) in [7, 11) is 3.15. The normalized spacial score (nSPS) is 11.7. The SMILES string of the molecule is COc1ccc(NC(=O)[C@H](C)Sc2ccc(C)cc2)c(OC)c1. The molecule has 0 saturated carbocycles. The van der Waals surface area contributed by atoms with Crippen molar-refractivity contribution in [2.45, 2.75) is 24.0 Å². The fraction of sp³-hybridized carbons (Fsp3) is 0.278. The Kier molecular flexibility index (Phi) is 5.93. The standard InChI is InChI=1S/C18H21NO3S/c1-12-5-8-15(9-6-12)23-13(2)18(20)19-16-10-7-14(21-3)11-17(16)22-4/h5-11,13H,1-4H3,(H,19,20)/t13-/m0/s1. The number of ether oxygens (including phenoxy) is 2. The van der Waals surface area contributed by atoms with Crippen LogP contribution in [0, 0.1) is 6.92 Å². The molecule has 1 N–H and O–H groups in total. The van der Waals surface area contributed by atoms with Crippen LogP contribution in [0.25, 0.3) is 0 Å². The van der Waals surface area contributed by atoms with Crippen LogP contribution in [0.15, 0.2) is 47.4 Å². The summed E-state index contributed by atoms with van der Waals surface area (Å²) >= 11 is 1.52. The highest BCUT2D eigenvalue weighted by molar-refractivity contribution is 8.00. The maximum absolute atomic E-state index is 12.4.